The van der Waals surface area contributed by atoms with E-state index in [1.165, 1.54) is 11.8 Å². The van der Waals surface area contributed by atoms with Crippen LogP contribution in [0.3, 0.4) is 0 Å². The average molecular weight is 437 g/mol. The van der Waals surface area contributed by atoms with Crippen LogP contribution < -0.4 is 10.9 Å². The molecular weight excluding hydrogens is 419 g/mol. The van der Waals surface area contributed by atoms with Crippen LogP contribution >= 0.6 is 35.0 Å². The lowest BCUT2D eigenvalue weighted by Crippen LogP contribution is -2.42. The molecule has 146 valence electrons. The Morgan fingerprint density at radius 1 is 1.14 bits per heavy atom. The molecule has 0 aliphatic rings. The third-order valence-corrected chi connectivity index (χ3v) is 5.82. The number of rotatable bonds is 5. The smallest absolute Gasteiger partial charge is 0.269 e. The van der Waals surface area contributed by atoms with Crippen molar-refractivity contribution in [1.82, 2.24) is 20.4 Å². The van der Waals surface area contributed by atoms with Crippen LogP contribution in [0.4, 0.5) is 0 Å². The van der Waals surface area contributed by atoms with E-state index in [1.54, 1.807) is 30.3 Å². The van der Waals surface area contributed by atoms with Gasteiger partial charge in [-0.3, -0.25) is 20.4 Å². The second kappa shape index (κ2) is 8.86. The molecule has 9 heteroatoms. The molecule has 0 fully saturated rings. The summed E-state index contributed by atoms with van der Waals surface area (Å²) in [6.07, 6.45) is 0. The van der Waals surface area contributed by atoms with Gasteiger partial charge in [0.05, 0.1) is 21.8 Å². The van der Waals surface area contributed by atoms with E-state index in [0.29, 0.717) is 20.5 Å². The van der Waals surface area contributed by atoms with Gasteiger partial charge in [-0.25, -0.2) is 4.98 Å². The summed E-state index contributed by atoms with van der Waals surface area (Å²) < 4.78 is 2.07. The van der Waals surface area contributed by atoms with Crippen molar-refractivity contribution in [2.75, 3.05) is 5.75 Å². The number of nitrogens with one attached hydrogen (secondary N) is 2. The number of aromatic nitrogens is 2. The van der Waals surface area contributed by atoms with Gasteiger partial charge in [-0.1, -0.05) is 23.2 Å². The summed E-state index contributed by atoms with van der Waals surface area (Å²) in [6, 6.07) is 10.3. The summed E-state index contributed by atoms with van der Waals surface area (Å²) in [5, 5.41) is 1.05. The van der Waals surface area contributed by atoms with Crippen LogP contribution in [0.25, 0.3) is 11.0 Å². The number of halogens is 2. The third kappa shape index (κ3) is 4.60. The fourth-order valence-electron chi connectivity index (χ4n) is 2.76. The van der Waals surface area contributed by atoms with E-state index in [2.05, 4.69) is 20.4 Å². The minimum atomic E-state index is -0.412. The third-order valence-electron chi connectivity index (χ3n) is 4.08. The molecule has 3 aromatic rings. The first-order valence-electron chi connectivity index (χ1n) is 8.53. The highest BCUT2D eigenvalue weighted by Crippen LogP contribution is 2.29. The predicted molar refractivity (Wildman–Crippen MR) is 113 cm³/mol. The number of hydrogen-bond acceptors (Lipinski definition) is 4. The maximum atomic E-state index is 12.3. The van der Waals surface area contributed by atoms with Gasteiger partial charge in [-0.05, 0) is 50.2 Å². The number of hydrazine groups is 1. The highest BCUT2D eigenvalue weighted by atomic mass is 35.5. The fraction of sp³-hybridized carbons (Fsp3) is 0.211. The lowest BCUT2D eigenvalue weighted by Gasteiger charge is -2.08. The van der Waals surface area contributed by atoms with Crippen LogP contribution in [0.15, 0.2) is 41.3 Å². The SMILES string of the molecule is CCn1c(C)nc2cc(C(=O)NNC(=O)CSc3cc(Cl)ccc3Cl)ccc21. The van der Waals surface area contributed by atoms with Gasteiger partial charge in [0.25, 0.3) is 5.91 Å². The molecule has 1 aromatic heterocycles. The first-order chi connectivity index (χ1) is 13.4. The molecular formula is C19H18Cl2N4O2S. The van der Waals surface area contributed by atoms with Gasteiger partial charge >= 0.3 is 0 Å². The minimum Gasteiger partial charge on any atom is -0.329 e. The zero-order chi connectivity index (χ0) is 20.3. The molecule has 6 nitrogen and oxygen atoms in total. The van der Waals surface area contributed by atoms with E-state index in [0.717, 1.165) is 23.4 Å². The van der Waals surface area contributed by atoms with E-state index in [1.807, 2.05) is 19.9 Å². The molecule has 1 heterocycles. The Hall–Kier alpha value is -2.22. The van der Waals surface area contributed by atoms with Crippen molar-refractivity contribution in [2.24, 2.45) is 0 Å². The normalized spacial score (nSPS) is 10.9. The van der Waals surface area contributed by atoms with Crippen molar-refractivity contribution in [1.29, 1.82) is 0 Å². The van der Waals surface area contributed by atoms with Crippen molar-refractivity contribution >= 4 is 57.8 Å². The summed E-state index contributed by atoms with van der Waals surface area (Å²) in [5.41, 5.74) is 6.94. The number of amides is 2. The van der Waals surface area contributed by atoms with E-state index in [9.17, 15) is 9.59 Å². The van der Waals surface area contributed by atoms with Crippen molar-refractivity contribution in [3.63, 3.8) is 0 Å². The van der Waals surface area contributed by atoms with E-state index in [-0.39, 0.29) is 11.7 Å². The molecule has 0 saturated carbocycles. The molecule has 0 bridgehead atoms. The maximum absolute atomic E-state index is 12.3. The number of carbonyl (C=O) groups is 2. The Bertz CT molecular complexity index is 1050. The summed E-state index contributed by atoms with van der Waals surface area (Å²) in [7, 11) is 0. The van der Waals surface area contributed by atoms with Crippen LogP contribution in [0.1, 0.15) is 23.1 Å². The molecule has 3 rings (SSSR count). The molecule has 2 N–H and O–H groups in total. The second-order valence-electron chi connectivity index (χ2n) is 5.97. The van der Waals surface area contributed by atoms with Crippen molar-refractivity contribution in [3.8, 4) is 0 Å². The molecule has 0 unspecified atom stereocenters. The van der Waals surface area contributed by atoms with Crippen molar-refractivity contribution < 1.29 is 9.59 Å². The quantitative estimate of drug-likeness (QED) is 0.463. The van der Waals surface area contributed by atoms with Gasteiger partial charge in [0, 0.05) is 22.0 Å². The van der Waals surface area contributed by atoms with E-state index >= 15 is 0 Å². The molecule has 0 aliphatic carbocycles. The fourth-order valence-corrected chi connectivity index (χ4v) is 4.05. The van der Waals surface area contributed by atoms with Crippen molar-refractivity contribution in [3.05, 3.63) is 57.8 Å². The molecule has 0 saturated heterocycles. The molecule has 0 spiro atoms. The molecule has 0 radical (unpaired) electrons. The number of aryl methyl sites for hydroxylation is 2. The Labute approximate surface area is 176 Å². The number of carbonyl (C=O) groups excluding carboxylic acids is 2. The topological polar surface area (TPSA) is 76.0 Å². The monoisotopic (exact) mass is 436 g/mol. The first kappa shape index (κ1) is 20.5. The van der Waals surface area contributed by atoms with Crippen LogP contribution in [0.2, 0.25) is 10.0 Å². The first-order valence-corrected chi connectivity index (χ1v) is 10.3. The number of fused-ring (bicyclic) bond motifs is 1. The lowest BCUT2D eigenvalue weighted by atomic mass is 10.2. The Kier molecular flexibility index (Phi) is 6.49. The number of hydrogen-bond donors (Lipinski definition) is 2. The van der Waals surface area contributed by atoms with Gasteiger partial charge < -0.3 is 4.57 Å². The van der Waals surface area contributed by atoms with Crippen LogP contribution in [0, 0.1) is 6.92 Å². The van der Waals surface area contributed by atoms with Gasteiger partial charge in [0.15, 0.2) is 0 Å². The summed E-state index contributed by atoms with van der Waals surface area (Å²) in [4.78, 5) is 29.5. The van der Waals surface area contributed by atoms with Crippen LogP contribution in [-0.4, -0.2) is 27.1 Å². The number of thioether (sulfide) groups is 1. The van der Waals surface area contributed by atoms with Crippen LogP contribution in [0.5, 0.6) is 0 Å². The van der Waals surface area contributed by atoms with Gasteiger partial charge in [-0.15, -0.1) is 11.8 Å². The standard InChI is InChI=1S/C19H18Cl2N4O2S/c1-3-25-11(2)22-15-8-12(4-7-16(15)25)19(27)24-23-18(26)10-28-17-9-13(20)5-6-14(17)21/h4-9H,3,10H2,1-2H3,(H,23,26)(H,24,27). The van der Waals surface area contributed by atoms with Crippen molar-refractivity contribution in [2.45, 2.75) is 25.3 Å². The zero-order valence-corrected chi connectivity index (χ0v) is 17.6. The lowest BCUT2D eigenvalue weighted by molar-refractivity contribution is -0.119. The average Bonchev–Trinajstić information content (AvgIpc) is 3.00. The van der Waals surface area contributed by atoms with E-state index in [4.69, 9.17) is 23.2 Å². The minimum absolute atomic E-state index is 0.0828. The predicted octanol–water partition coefficient (Wildman–Crippen LogP) is 4.22. The molecule has 28 heavy (non-hydrogen) atoms. The summed E-state index contributed by atoms with van der Waals surface area (Å²) >= 11 is 13.2. The maximum Gasteiger partial charge on any atom is 0.269 e. The summed E-state index contributed by atoms with van der Waals surface area (Å²) in [6.45, 7) is 4.77. The molecule has 2 amide bonds. The number of benzene rings is 2. The number of imidazole rings is 1. The molecule has 0 aliphatic heterocycles. The summed E-state index contributed by atoms with van der Waals surface area (Å²) in [5.74, 6) is 0.200. The highest BCUT2D eigenvalue weighted by molar-refractivity contribution is 8.00. The Morgan fingerprint density at radius 2 is 1.93 bits per heavy atom. The number of nitrogens with zero attached hydrogens (tertiary/aromatic N) is 2. The van der Waals surface area contributed by atoms with Gasteiger partial charge in [0.1, 0.15) is 5.82 Å². The van der Waals surface area contributed by atoms with E-state index < -0.39 is 5.91 Å². The molecule has 2 aromatic carbocycles. The Balaban J connectivity index is 1.58. The highest BCUT2D eigenvalue weighted by Gasteiger charge is 2.12. The Morgan fingerprint density at radius 3 is 2.68 bits per heavy atom. The second-order valence-corrected chi connectivity index (χ2v) is 7.83. The largest absolute Gasteiger partial charge is 0.329 e. The van der Waals surface area contributed by atoms with Crippen LogP contribution in [-0.2, 0) is 11.3 Å². The van der Waals surface area contributed by atoms with Gasteiger partial charge in [0.2, 0.25) is 5.91 Å². The molecule has 0 atom stereocenters. The zero-order valence-electron chi connectivity index (χ0n) is 15.3. The van der Waals surface area contributed by atoms with Gasteiger partial charge in [-0.2, -0.15) is 0 Å².